The summed E-state index contributed by atoms with van der Waals surface area (Å²) in [6, 6.07) is 22.7. The zero-order valence-corrected chi connectivity index (χ0v) is 19.6. The lowest BCUT2D eigenvalue weighted by molar-refractivity contribution is 0.274. The molecule has 3 aromatic carbocycles. The Kier molecular flexibility index (Phi) is 6.26. The maximum Gasteiger partial charge on any atom is 0.261 e. The minimum atomic E-state index is -2.88. The van der Waals surface area contributed by atoms with Crippen LogP contribution in [0.2, 0.25) is 5.04 Å². The van der Waals surface area contributed by atoms with Crippen molar-refractivity contribution < 1.29 is 13.2 Å². The number of halogens is 2. The van der Waals surface area contributed by atoms with E-state index in [1.807, 2.05) is 36.4 Å². The molecule has 0 aliphatic carbocycles. The first kappa shape index (κ1) is 22.4. The molecule has 0 saturated carbocycles. The van der Waals surface area contributed by atoms with Gasteiger partial charge >= 0.3 is 0 Å². The first-order valence-corrected chi connectivity index (χ1v) is 12.7. The monoisotopic (exact) mass is 450 g/mol. The van der Waals surface area contributed by atoms with Gasteiger partial charge in [-0.1, -0.05) is 81.4 Å². The molecular weight excluding hydrogens is 422 g/mol. The molecule has 0 aromatic heterocycles. The first-order valence-electron chi connectivity index (χ1n) is 10.8. The van der Waals surface area contributed by atoms with Gasteiger partial charge in [-0.2, -0.15) is 5.10 Å². The van der Waals surface area contributed by atoms with Gasteiger partial charge in [-0.25, -0.2) is 8.78 Å². The molecule has 1 aliphatic heterocycles. The second kappa shape index (κ2) is 8.96. The molecule has 0 spiro atoms. The summed E-state index contributed by atoms with van der Waals surface area (Å²) in [4.78, 5) is 0. The van der Waals surface area contributed by atoms with Crippen molar-refractivity contribution in [3.8, 4) is 0 Å². The highest BCUT2D eigenvalue weighted by atomic mass is 28.4. The van der Waals surface area contributed by atoms with E-state index in [1.54, 1.807) is 6.21 Å². The van der Waals surface area contributed by atoms with Crippen LogP contribution in [0.3, 0.4) is 0 Å². The third-order valence-corrected chi connectivity index (χ3v) is 11.1. The molecule has 3 nitrogen and oxygen atoms in total. The van der Waals surface area contributed by atoms with Crippen molar-refractivity contribution in [2.75, 3.05) is 0 Å². The molecule has 166 valence electrons. The fraction of sp³-hybridized carbons (Fsp3) is 0.269. The summed E-state index contributed by atoms with van der Waals surface area (Å²) in [6.07, 6.45) is 2.32. The van der Waals surface area contributed by atoms with Crippen molar-refractivity contribution in [2.24, 2.45) is 5.10 Å². The van der Waals surface area contributed by atoms with Gasteiger partial charge in [0.05, 0.1) is 12.6 Å². The molecule has 0 radical (unpaired) electrons. The van der Waals surface area contributed by atoms with Crippen molar-refractivity contribution in [3.63, 3.8) is 0 Å². The van der Waals surface area contributed by atoms with Crippen molar-refractivity contribution in [2.45, 2.75) is 44.9 Å². The number of nitrogens with zero attached hydrogens (tertiary/aromatic N) is 1. The molecule has 0 amide bonds. The minimum absolute atomic E-state index is 0.0411. The molecule has 4 rings (SSSR count). The normalized spacial score (nSPS) is 16.2. The van der Waals surface area contributed by atoms with Gasteiger partial charge in [0.2, 0.25) is 0 Å². The fourth-order valence-electron chi connectivity index (χ4n) is 4.47. The highest BCUT2D eigenvalue weighted by Gasteiger charge is 2.50. The van der Waals surface area contributed by atoms with Gasteiger partial charge in [0.25, 0.3) is 8.32 Å². The number of rotatable bonds is 6. The molecule has 1 aliphatic rings. The van der Waals surface area contributed by atoms with Crippen molar-refractivity contribution in [3.05, 3.63) is 95.6 Å². The summed E-state index contributed by atoms with van der Waals surface area (Å²) >= 11 is 0. The Morgan fingerprint density at radius 1 is 0.938 bits per heavy atom. The van der Waals surface area contributed by atoms with Crippen molar-refractivity contribution in [1.29, 1.82) is 0 Å². The molecule has 3 aromatic rings. The number of nitrogens with one attached hydrogen (secondary N) is 1. The van der Waals surface area contributed by atoms with Crippen LogP contribution in [0.15, 0.2) is 77.9 Å². The topological polar surface area (TPSA) is 33.6 Å². The van der Waals surface area contributed by atoms with E-state index >= 15 is 8.78 Å². The van der Waals surface area contributed by atoms with Crippen LogP contribution in [0.25, 0.3) is 0 Å². The van der Waals surface area contributed by atoms with Gasteiger partial charge in [-0.05, 0) is 33.1 Å². The third kappa shape index (κ3) is 4.12. The van der Waals surface area contributed by atoms with Crippen LogP contribution in [0, 0.1) is 11.6 Å². The van der Waals surface area contributed by atoms with Crippen LogP contribution in [0.5, 0.6) is 0 Å². The van der Waals surface area contributed by atoms with E-state index in [0.29, 0.717) is 12.0 Å². The lowest BCUT2D eigenvalue weighted by Gasteiger charge is -2.43. The molecule has 32 heavy (non-hydrogen) atoms. The summed E-state index contributed by atoms with van der Waals surface area (Å²) in [5.41, 5.74) is 3.38. The highest BCUT2D eigenvalue weighted by molar-refractivity contribution is 6.99. The largest absolute Gasteiger partial charge is 0.403 e. The summed E-state index contributed by atoms with van der Waals surface area (Å²) < 4.78 is 36.8. The smallest absolute Gasteiger partial charge is 0.261 e. The van der Waals surface area contributed by atoms with Crippen molar-refractivity contribution >= 4 is 24.9 Å². The first-order chi connectivity index (χ1) is 15.3. The highest BCUT2D eigenvalue weighted by Crippen LogP contribution is 2.37. The van der Waals surface area contributed by atoms with Crippen LogP contribution in [0.4, 0.5) is 8.78 Å². The van der Waals surface area contributed by atoms with E-state index in [0.717, 1.165) is 10.4 Å². The van der Waals surface area contributed by atoms with Gasteiger partial charge < -0.3 is 9.85 Å². The van der Waals surface area contributed by atoms with E-state index in [4.69, 9.17) is 4.43 Å². The SMILES string of the molecule is CC(C)(C)[Si](OCc1c(F)cc(C2CC=NN2)cc1F)(c1ccccc1)c1ccccc1. The third-order valence-electron chi connectivity index (χ3n) is 6.08. The average Bonchev–Trinajstić information content (AvgIpc) is 3.31. The Bertz CT molecular complexity index is 1030. The Morgan fingerprint density at radius 3 is 1.91 bits per heavy atom. The number of hydrogen-bond donors (Lipinski definition) is 1. The van der Waals surface area contributed by atoms with E-state index in [1.165, 1.54) is 12.1 Å². The van der Waals surface area contributed by atoms with Gasteiger partial charge in [-0.15, -0.1) is 0 Å². The van der Waals surface area contributed by atoms with Gasteiger partial charge in [0, 0.05) is 18.2 Å². The zero-order chi connectivity index (χ0) is 22.8. The van der Waals surface area contributed by atoms with Crippen LogP contribution in [0.1, 0.15) is 44.4 Å². The summed E-state index contributed by atoms with van der Waals surface area (Å²) in [7, 11) is -2.88. The second-order valence-electron chi connectivity index (χ2n) is 9.14. The van der Waals surface area contributed by atoms with E-state index < -0.39 is 20.0 Å². The quantitative estimate of drug-likeness (QED) is 0.533. The summed E-state index contributed by atoms with van der Waals surface area (Å²) in [6.45, 7) is 6.28. The number of benzene rings is 3. The molecule has 0 saturated heterocycles. The Hall–Kier alpha value is -2.83. The molecule has 1 atom stereocenters. The Balaban J connectivity index is 1.75. The lowest BCUT2D eigenvalue weighted by Crippen LogP contribution is -2.66. The Morgan fingerprint density at radius 2 is 1.47 bits per heavy atom. The van der Waals surface area contributed by atoms with E-state index in [9.17, 15) is 0 Å². The molecule has 1 N–H and O–H groups in total. The fourth-order valence-corrected chi connectivity index (χ4v) is 8.98. The summed E-state index contributed by atoms with van der Waals surface area (Å²) in [5.74, 6) is -1.18. The van der Waals surface area contributed by atoms with E-state index in [2.05, 4.69) is 55.6 Å². The van der Waals surface area contributed by atoms with Crippen LogP contribution in [-0.2, 0) is 11.0 Å². The second-order valence-corrected chi connectivity index (χ2v) is 13.4. The minimum Gasteiger partial charge on any atom is -0.403 e. The van der Waals surface area contributed by atoms with Crippen molar-refractivity contribution in [1.82, 2.24) is 5.43 Å². The predicted octanol–water partition coefficient (Wildman–Crippen LogP) is 5.06. The number of hydrazone groups is 1. The molecule has 6 heteroatoms. The zero-order valence-electron chi connectivity index (χ0n) is 18.6. The van der Waals surface area contributed by atoms with Gasteiger partial charge in [0.1, 0.15) is 11.6 Å². The van der Waals surface area contributed by atoms with Crippen LogP contribution < -0.4 is 15.8 Å². The standard InChI is InChI=1S/C26H28F2N2OSi/c1-26(2,3)32(20-10-6-4-7-11-20,21-12-8-5-9-13-21)31-18-22-23(27)16-19(17-24(22)28)25-14-15-29-30-25/h4-13,15-17,25,30H,14,18H2,1-3H3. The molecular formula is C26H28F2N2OSi. The lowest BCUT2D eigenvalue weighted by atomic mass is 10.0. The number of hydrogen-bond acceptors (Lipinski definition) is 3. The Labute approximate surface area is 189 Å². The van der Waals surface area contributed by atoms with Gasteiger partial charge in [0.15, 0.2) is 0 Å². The molecule has 0 fully saturated rings. The van der Waals surface area contributed by atoms with Crippen LogP contribution in [-0.4, -0.2) is 14.5 Å². The van der Waals surface area contributed by atoms with E-state index in [-0.39, 0.29) is 23.3 Å². The van der Waals surface area contributed by atoms with Crippen LogP contribution >= 0.6 is 0 Å². The predicted molar refractivity (Wildman–Crippen MR) is 128 cm³/mol. The average molecular weight is 451 g/mol. The maximum atomic E-state index is 15.1. The van der Waals surface area contributed by atoms with Gasteiger partial charge in [-0.3, -0.25) is 0 Å². The summed E-state index contributed by atoms with van der Waals surface area (Å²) in [5, 5.41) is 5.82. The maximum absolute atomic E-state index is 15.1. The molecule has 1 unspecified atom stereocenters. The molecule has 1 heterocycles. The molecule has 0 bridgehead atoms.